The molecule has 1 aromatic carbocycles. The van der Waals surface area contributed by atoms with Crippen molar-refractivity contribution in [1.82, 2.24) is 0 Å². The predicted molar refractivity (Wildman–Crippen MR) is 78.2 cm³/mol. The van der Waals surface area contributed by atoms with Crippen molar-refractivity contribution < 1.29 is 8.42 Å². The second-order valence-electron chi connectivity index (χ2n) is 4.97. The minimum absolute atomic E-state index is 0.384. The lowest BCUT2D eigenvalue weighted by Gasteiger charge is -2.16. The number of aryl methyl sites for hydroxylation is 1. The summed E-state index contributed by atoms with van der Waals surface area (Å²) in [5.74, 6) is 1.09. The first-order valence-corrected chi connectivity index (χ1v) is 8.99. The first-order chi connectivity index (χ1) is 8.36. The Labute approximate surface area is 113 Å². The van der Waals surface area contributed by atoms with E-state index >= 15 is 0 Å². The Bertz CT molecular complexity index is 540. The number of benzene rings is 1. The van der Waals surface area contributed by atoms with E-state index in [1.165, 1.54) is 6.26 Å². The fourth-order valence-corrected chi connectivity index (χ4v) is 3.92. The second kappa shape index (κ2) is 5.13. The SMILES string of the molecule is Cc1ccc(S(C)(=O)=O)cc1NC1CSC(C)C1. The molecular formula is C13H19NO2S2. The number of rotatable bonds is 3. The van der Waals surface area contributed by atoms with Crippen molar-refractivity contribution in [2.75, 3.05) is 17.3 Å². The van der Waals surface area contributed by atoms with Gasteiger partial charge in [-0.2, -0.15) is 11.8 Å². The van der Waals surface area contributed by atoms with Gasteiger partial charge in [0.25, 0.3) is 0 Å². The highest BCUT2D eigenvalue weighted by atomic mass is 32.2. The summed E-state index contributed by atoms with van der Waals surface area (Å²) in [7, 11) is -3.13. The van der Waals surface area contributed by atoms with Crippen LogP contribution in [0.15, 0.2) is 23.1 Å². The number of hydrogen-bond acceptors (Lipinski definition) is 4. The molecule has 2 atom stereocenters. The summed E-state index contributed by atoms with van der Waals surface area (Å²) >= 11 is 1.96. The lowest BCUT2D eigenvalue weighted by Crippen LogP contribution is -2.19. The van der Waals surface area contributed by atoms with E-state index in [4.69, 9.17) is 0 Å². The maximum atomic E-state index is 11.6. The maximum absolute atomic E-state index is 11.6. The summed E-state index contributed by atoms with van der Waals surface area (Å²) in [6.45, 7) is 4.23. The summed E-state index contributed by atoms with van der Waals surface area (Å²) in [5.41, 5.74) is 2.03. The molecule has 0 spiro atoms. The fraction of sp³-hybridized carbons (Fsp3) is 0.538. The quantitative estimate of drug-likeness (QED) is 0.927. The van der Waals surface area contributed by atoms with Crippen molar-refractivity contribution in [2.24, 2.45) is 0 Å². The Morgan fingerprint density at radius 2 is 2.11 bits per heavy atom. The Balaban J connectivity index is 2.22. The van der Waals surface area contributed by atoms with E-state index in [1.807, 2.05) is 24.8 Å². The molecule has 18 heavy (non-hydrogen) atoms. The Kier molecular flexibility index (Phi) is 3.92. The van der Waals surface area contributed by atoms with Gasteiger partial charge < -0.3 is 5.32 Å². The highest BCUT2D eigenvalue weighted by Gasteiger charge is 2.22. The molecule has 1 heterocycles. The zero-order valence-corrected chi connectivity index (χ0v) is 12.6. The van der Waals surface area contributed by atoms with Crippen LogP contribution in [-0.2, 0) is 9.84 Å². The van der Waals surface area contributed by atoms with Gasteiger partial charge in [-0.25, -0.2) is 8.42 Å². The molecule has 1 aliphatic rings. The number of nitrogens with one attached hydrogen (secondary N) is 1. The topological polar surface area (TPSA) is 46.2 Å². The molecule has 3 nitrogen and oxygen atoms in total. The average Bonchev–Trinajstić information content (AvgIpc) is 2.66. The lowest BCUT2D eigenvalue weighted by molar-refractivity contribution is 0.602. The highest BCUT2D eigenvalue weighted by Crippen LogP contribution is 2.30. The normalized spacial score (nSPS) is 24.2. The van der Waals surface area contributed by atoms with Gasteiger partial charge in [0, 0.05) is 29.0 Å². The first kappa shape index (κ1) is 13.7. The second-order valence-corrected chi connectivity index (χ2v) is 8.46. The molecular weight excluding hydrogens is 266 g/mol. The van der Waals surface area contributed by atoms with Crippen molar-refractivity contribution in [3.8, 4) is 0 Å². The third-order valence-corrected chi connectivity index (χ3v) is 5.66. The van der Waals surface area contributed by atoms with Crippen LogP contribution < -0.4 is 5.32 Å². The van der Waals surface area contributed by atoms with Crippen LogP contribution in [0.5, 0.6) is 0 Å². The molecule has 0 radical (unpaired) electrons. The predicted octanol–water partition coefficient (Wildman–Crippen LogP) is 2.70. The van der Waals surface area contributed by atoms with Gasteiger partial charge in [0.15, 0.2) is 9.84 Å². The Morgan fingerprint density at radius 3 is 2.67 bits per heavy atom. The molecule has 1 aromatic rings. The standard InChI is InChI=1S/C13H19NO2S2/c1-9-4-5-12(18(3,15)16)7-13(9)14-11-6-10(2)17-8-11/h4-5,7,10-11,14H,6,8H2,1-3H3. The lowest BCUT2D eigenvalue weighted by atomic mass is 10.1. The molecule has 1 aliphatic heterocycles. The Hall–Kier alpha value is -0.680. The molecule has 2 unspecified atom stereocenters. The zero-order chi connectivity index (χ0) is 13.3. The van der Waals surface area contributed by atoms with Gasteiger partial charge in [0.1, 0.15) is 0 Å². The molecule has 0 aromatic heterocycles. The van der Waals surface area contributed by atoms with Crippen LogP contribution in [0.1, 0.15) is 18.9 Å². The summed E-state index contributed by atoms with van der Waals surface area (Å²) < 4.78 is 23.1. The molecule has 1 saturated heterocycles. The van der Waals surface area contributed by atoms with Crippen LogP contribution in [0.4, 0.5) is 5.69 Å². The molecule has 1 fully saturated rings. The van der Waals surface area contributed by atoms with Crippen LogP contribution in [0.2, 0.25) is 0 Å². The van der Waals surface area contributed by atoms with Crippen molar-refractivity contribution in [2.45, 2.75) is 36.5 Å². The van der Waals surface area contributed by atoms with E-state index in [2.05, 4.69) is 12.2 Å². The molecule has 0 bridgehead atoms. The number of sulfone groups is 1. The van der Waals surface area contributed by atoms with Crippen molar-refractivity contribution >= 4 is 27.3 Å². The zero-order valence-electron chi connectivity index (χ0n) is 10.9. The largest absolute Gasteiger partial charge is 0.381 e. The van der Waals surface area contributed by atoms with E-state index < -0.39 is 9.84 Å². The summed E-state index contributed by atoms with van der Waals surface area (Å²) in [6.07, 6.45) is 2.38. The van der Waals surface area contributed by atoms with Gasteiger partial charge in [0.2, 0.25) is 0 Å². The van der Waals surface area contributed by atoms with Gasteiger partial charge in [-0.05, 0) is 31.0 Å². The molecule has 0 saturated carbocycles. The van der Waals surface area contributed by atoms with Crippen LogP contribution in [0.3, 0.4) is 0 Å². The summed E-state index contributed by atoms with van der Waals surface area (Å²) in [4.78, 5) is 0.384. The Morgan fingerprint density at radius 1 is 1.39 bits per heavy atom. The summed E-state index contributed by atoms with van der Waals surface area (Å²) in [5, 5.41) is 4.15. The molecule has 5 heteroatoms. The maximum Gasteiger partial charge on any atom is 0.175 e. The van der Waals surface area contributed by atoms with Gasteiger partial charge in [0.05, 0.1) is 4.90 Å². The van der Waals surface area contributed by atoms with Gasteiger partial charge in [-0.15, -0.1) is 0 Å². The molecule has 0 aliphatic carbocycles. The van der Waals surface area contributed by atoms with Crippen molar-refractivity contribution in [3.63, 3.8) is 0 Å². The molecule has 0 amide bonds. The monoisotopic (exact) mass is 285 g/mol. The van der Waals surface area contributed by atoms with E-state index in [-0.39, 0.29) is 0 Å². The number of thioether (sulfide) groups is 1. The fourth-order valence-electron chi connectivity index (χ4n) is 2.12. The van der Waals surface area contributed by atoms with Gasteiger partial charge in [-0.3, -0.25) is 0 Å². The van der Waals surface area contributed by atoms with E-state index in [9.17, 15) is 8.42 Å². The van der Waals surface area contributed by atoms with Crippen molar-refractivity contribution in [1.29, 1.82) is 0 Å². The van der Waals surface area contributed by atoms with Gasteiger partial charge >= 0.3 is 0 Å². The van der Waals surface area contributed by atoms with E-state index in [1.54, 1.807) is 12.1 Å². The smallest absolute Gasteiger partial charge is 0.175 e. The average molecular weight is 285 g/mol. The molecule has 2 rings (SSSR count). The third-order valence-electron chi connectivity index (χ3n) is 3.20. The van der Waals surface area contributed by atoms with E-state index in [0.717, 1.165) is 23.4 Å². The van der Waals surface area contributed by atoms with Gasteiger partial charge in [-0.1, -0.05) is 13.0 Å². The molecule has 100 valence electrons. The van der Waals surface area contributed by atoms with Crippen LogP contribution >= 0.6 is 11.8 Å². The summed E-state index contributed by atoms with van der Waals surface area (Å²) in [6, 6.07) is 5.73. The van der Waals surface area contributed by atoms with Crippen LogP contribution in [0, 0.1) is 6.92 Å². The van der Waals surface area contributed by atoms with Crippen molar-refractivity contribution in [3.05, 3.63) is 23.8 Å². The minimum Gasteiger partial charge on any atom is -0.381 e. The third kappa shape index (κ3) is 3.20. The minimum atomic E-state index is -3.13. The van der Waals surface area contributed by atoms with Crippen LogP contribution in [-0.4, -0.2) is 31.7 Å². The first-order valence-electron chi connectivity index (χ1n) is 6.05. The van der Waals surface area contributed by atoms with Crippen LogP contribution in [0.25, 0.3) is 0 Å². The molecule has 1 N–H and O–H groups in total. The number of anilines is 1. The highest BCUT2D eigenvalue weighted by molar-refractivity contribution is 8.00. The van der Waals surface area contributed by atoms with E-state index in [0.29, 0.717) is 16.2 Å². The number of hydrogen-bond donors (Lipinski definition) is 1.